The number of fused-ring (bicyclic) bond motifs is 1. The number of likely N-dealkylation sites (N-methyl/N-ethyl adjacent to an activating group) is 1. The maximum atomic E-state index is 12.7. The van der Waals surface area contributed by atoms with Crippen LogP contribution in [0.1, 0.15) is 66.8 Å². The molecule has 1 N–H and O–H groups in total. The number of nitrogens with one attached hydrogen (secondary N) is 1. The molecule has 1 aliphatic carbocycles. The van der Waals surface area contributed by atoms with Gasteiger partial charge in [0, 0.05) is 23.6 Å². The maximum absolute atomic E-state index is 12.7. The van der Waals surface area contributed by atoms with Crippen molar-refractivity contribution < 1.29 is 19.1 Å². The quantitative estimate of drug-likeness (QED) is 0.717. The summed E-state index contributed by atoms with van der Waals surface area (Å²) in [5.41, 5.74) is 3.28. The van der Waals surface area contributed by atoms with Gasteiger partial charge in [0.25, 0.3) is 0 Å². The minimum atomic E-state index is -0.528. The van der Waals surface area contributed by atoms with E-state index in [2.05, 4.69) is 10.4 Å². The van der Waals surface area contributed by atoms with Crippen LogP contribution in [0.25, 0.3) is 0 Å². The number of hydrogen-bond donors (Lipinski definition) is 1. The van der Waals surface area contributed by atoms with Gasteiger partial charge in [0.2, 0.25) is 0 Å². The highest BCUT2D eigenvalue weighted by Crippen LogP contribution is 2.57. The summed E-state index contributed by atoms with van der Waals surface area (Å²) in [7, 11) is 3.35. The van der Waals surface area contributed by atoms with Crippen LogP contribution in [0.2, 0.25) is 0 Å². The van der Waals surface area contributed by atoms with Gasteiger partial charge in [-0.15, -0.1) is 0 Å². The van der Waals surface area contributed by atoms with E-state index in [-0.39, 0.29) is 23.5 Å². The Morgan fingerprint density at radius 2 is 1.84 bits per heavy atom. The number of rotatable bonds is 5. The van der Waals surface area contributed by atoms with Gasteiger partial charge in [-0.2, -0.15) is 5.10 Å². The molecule has 1 aliphatic heterocycles. The van der Waals surface area contributed by atoms with Gasteiger partial charge in [-0.25, -0.2) is 9.59 Å². The molecular formula is C24H32N4O4. The number of nitrogens with zero attached hydrogens (tertiary/aromatic N) is 3. The number of carbonyl (C=O) groups is 2. The van der Waals surface area contributed by atoms with Gasteiger partial charge in [-0.1, -0.05) is 12.1 Å². The standard InChI is InChI=1S/C24H32N4O4/c1-23(2,3)32-22(30)27-12-13-28-19(15-27)18(14-26-28)20(25-4)24(10-11-24)17-8-6-16(7-9-17)21(29)31-5/h6-9,14,20,25H,10-13,15H2,1-5H3. The first-order valence-electron chi connectivity index (χ1n) is 11.1. The highest BCUT2D eigenvalue weighted by molar-refractivity contribution is 5.89. The van der Waals surface area contributed by atoms with Crippen molar-refractivity contribution >= 4 is 12.1 Å². The molecule has 8 heteroatoms. The Labute approximate surface area is 188 Å². The summed E-state index contributed by atoms with van der Waals surface area (Å²) < 4.78 is 12.4. The van der Waals surface area contributed by atoms with Crippen LogP contribution in [0.4, 0.5) is 4.79 Å². The molecule has 0 saturated heterocycles. The smallest absolute Gasteiger partial charge is 0.410 e. The lowest BCUT2D eigenvalue weighted by molar-refractivity contribution is 0.0193. The molecule has 0 spiro atoms. The number of amides is 1. The predicted octanol–water partition coefficient (Wildman–Crippen LogP) is 3.41. The summed E-state index contributed by atoms with van der Waals surface area (Å²) in [6.45, 7) is 7.33. The minimum Gasteiger partial charge on any atom is -0.465 e. The zero-order chi connectivity index (χ0) is 23.1. The van der Waals surface area contributed by atoms with Gasteiger partial charge in [0.1, 0.15) is 5.60 Å². The molecule has 4 rings (SSSR count). The van der Waals surface area contributed by atoms with Gasteiger partial charge in [0.15, 0.2) is 0 Å². The third-order valence-electron chi connectivity index (χ3n) is 6.38. The molecule has 2 heterocycles. The summed E-state index contributed by atoms with van der Waals surface area (Å²) in [6, 6.07) is 7.74. The number of esters is 1. The SMILES string of the molecule is CNC(c1cnn2c1CN(C(=O)OC(C)(C)C)CC2)C1(c2ccc(C(=O)OC)cc2)CC1. The highest BCUT2D eigenvalue weighted by atomic mass is 16.6. The first-order chi connectivity index (χ1) is 15.2. The molecule has 1 unspecified atom stereocenters. The van der Waals surface area contributed by atoms with Crippen LogP contribution in [0, 0.1) is 0 Å². The predicted molar refractivity (Wildman–Crippen MR) is 119 cm³/mol. The van der Waals surface area contributed by atoms with Crippen LogP contribution in [0.15, 0.2) is 30.5 Å². The van der Waals surface area contributed by atoms with Crippen molar-refractivity contribution in [3.8, 4) is 0 Å². The normalized spacial score (nSPS) is 18.0. The van der Waals surface area contributed by atoms with Crippen molar-refractivity contribution in [1.29, 1.82) is 0 Å². The second kappa shape index (κ2) is 8.24. The fourth-order valence-electron chi connectivity index (χ4n) is 4.65. The molecule has 8 nitrogen and oxygen atoms in total. The molecule has 0 bridgehead atoms. The van der Waals surface area contributed by atoms with Crippen molar-refractivity contribution in [2.24, 2.45) is 0 Å². The van der Waals surface area contributed by atoms with Gasteiger partial charge in [-0.3, -0.25) is 4.68 Å². The van der Waals surface area contributed by atoms with E-state index >= 15 is 0 Å². The topological polar surface area (TPSA) is 85.7 Å². The van der Waals surface area contributed by atoms with Gasteiger partial charge < -0.3 is 19.7 Å². The van der Waals surface area contributed by atoms with Crippen molar-refractivity contribution in [2.75, 3.05) is 20.7 Å². The van der Waals surface area contributed by atoms with Crippen LogP contribution >= 0.6 is 0 Å². The lowest BCUT2D eigenvalue weighted by atomic mass is 9.83. The van der Waals surface area contributed by atoms with Gasteiger partial charge >= 0.3 is 12.1 Å². The van der Waals surface area contributed by atoms with Crippen LogP contribution in [-0.2, 0) is 28.0 Å². The van der Waals surface area contributed by atoms with E-state index < -0.39 is 5.60 Å². The number of hydrogen-bond acceptors (Lipinski definition) is 6. The molecule has 0 radical (unpaired) electrons. The van der Waals surface area contributed by atoms with Crippen LogP contribution < -0.4 is 5.32 Å². The Bertz CT molecular complexity index is 1000. The highest BCUT2D eigenvalue weighted by Gasteiger charge is 2.52. The Balaban J connectivity index is 1.60. The third kappa shape index (κ3) is 4.11. The fourth-order valence-corrected chi connectivity index (χ4v) is 4.65. The monoisotopic (exact) mass is 440 g/mol. The zero-order valence-electron chi connectivity index (χ0n) is 19.5. The maximum Gasteiger partial charge on any atom is 0.410 e. The van der Waals surface area contributed by atoms with E-state index in [9.17, 15) is 9.59 Å². The van der Waals surface area contributed by atoms with E-state index in [1.165, 1.54) is 12.7 Å². The Morgan fingerprint density at radius 1 is 1.16 bits per heavy atom. The molecule has 2 aliphatic rings. The number of carbonyl (C=O) groups excluding carboxylic acids is 2. The molecule has 172 valence electrons. The molecule has 1 fully saturated rings. The summed E-state index contributed by atoms with van der Waals surface area (Å²) >= 11 is 0. The van der Waals surface area contributed by atoms with E-state index in [1.807, 2.05) is 63.0 Å². The average Bonchev–Trinajstić information content (AvgIpc) is 3.46. The summed E-state index contributed by atoms with van der Waals surface area (Å²) in [5, 5.41) is 8.12. The number of ether oxygens (including phenoxy) is 2. The minimum absolute atomic E-state index is 0.0498. The molecule has 1 aromatic carbocycles. The summed E-state index contributed by atoms with van der Waals surface area (Å²) in [6.07, 6.45) is 3.71. The van der Waals surface area contributed by atoms with Crippen molar-refractivity contribution in [3.63, 3.8) is 0 Å². The third-order valence-corrected chi connectivity index (χ3v) is 6.38. The van der Waals surface area contributed by atoms with Crippen LogP contribution in [0.3, 0.4) is 0 Å². The van der Waals surface area contributed by atoms with E-state index in [0.29, 0.717) is 25.2 Å². The van der Waals surface area contributed by atoms with Crippen LogP contribution in [0.5, 0.6) is 0 Å². The second-order valence-corrected chi connectivity index (χ2v) is 9.62. The lowest BCUT2D eigenvalue weighted by Crippen LogP contribution is -2.42. The first kappa shape index (κ1) is 22.3. The summed E-state index contributed by atoms with van der Waals surface area (Å²) in [5.74, 6) is -0.334. The van der Waals surface area contributed by atoms with E-state index in [4.69, 9.17) is 9.47 Å². The molecule has 1 saturated carbocycles. The molecule has 1 amide bonds. The van der Waals surface area contributed by atoms with E-state index in [1.54, 1.807) is 4.90 Å². The second-order valence-electron chi connectivity index (χ2n) is 9.62. The largest absolute Gasteiger partial charge is 0.465 e. The number of aromatic nitrogens is 2. The summed E-state index contributed by atoms with van der Waals surface area (Å²) in [4.78, 5) is 26.2. The van der Waals surface area contributed by atoms with Gasteiger partial charge in [-0.05, 0) is 58.4 Å². The van der Waals surface area contributed by atoms with E-state index in [0.717, 1.165) is 24.1 Å². The lowest BCUT2D eigenvalue weighted by Gasteiger charge is -2.33. The molecule has 32 heavy (non-hydrogen) atoms. The fraction of sp³-hybridized carbons (Fsp3) is 0.542. The first-order valence-corrected chi connectivity index (χ1v) is 11.1. The molecule has 1 aromatic heterocycles. The Hall–Kier alpha value is -2.87. The van der Waals surface area contributed by atoms with Crippen molar-refractivity contribution in [1.82, 2.24) is 20.0 Å². The van der Waals surface area contributed by atoms with Gasteiger partial charge in [0.05, 0.1) is 37.7 Å². The average molecular weight is 441 g/mol. The Kier molecular flexibility index (Phi) is 5.75. The molecular weight excluding hydrogens is 408 g/mol. The molecule has 1 atom stereocenters. The Morgan fingerprint density at radius 3 is 2.41 bits per heavy atom. The number of methoxy groups -OCH3 is 1. The molecule has 2 aromatic rings. The van der Waals surface area contributed by atoms with Crippen molar-refractivity contribution in [3.05, 3.63) is 52.8 Å². The zero-order valence-corrected chi connectivity index (χ0v) is 19.5. The number of benzene rings is 1. The van der Waals surface area contributed by atoms with Crippen LogP contribution in [-0.4, -0.2) is 53.0 Å². The van der Waals surface area contributed by atoms with Crippen molar-refractivity contribution in [2.45, 2.75) is 63.8 Å².